The van der Waals surface area contributed by atoms with Crippen LogP contribution in [0.5, 0.6) is 0 Å². The Morgan fingerprint density at radius 2 is 0.714 bits per heavy atom. The number of hydroxylamine groups is 6. The molecule has 25 heteroatoms. The van der Waals surface area contributed by atoms with Gasteiger partial charge in [0.2, 0.25) is 0 Å². The van der Waals surface area contributed by atoms with Gasteiger partial charge in [0.1, 0.15) is 0 Å². The van der Waals surface area contributed by atoms with Crippen molar-refractivity contribution in [3.05, 3.63) is 48.0 Å². The number of carboxylic acid groups (broad SMARTS) is 5. The van der Waals surface area contributed by atoms with Crippen molar-refractivity contribution in [1.29, 1.82) is 0 Å². The van der Waals surface area contributed by atoms with Gasteiger partial charge in [0.05, 0.1) is 105 Å². The van der Waals surface area contributed by atoms with E-state index >= 15 is 0 Å². The lowest BCUT2D eigenvalue weighted by molar-refractivity contribution is -0.371. The predicted molar refractivity (Wildman–Crippen MR) is 221 cm³/mol. The third kappa shape index (κ3) is 64.5. The highest BCUT2D eigenvalue weighted by molar-refractivity contribution is 6.27. The van der Waals surface area contributed by atoms with Crippen molar-refractivity contribution in [3.63, 3.8) is 0 Å². The third-order valence-electron chi connectivity index (χ3n) is 5.79. The summed E-state index contributed by atoms with van der Waals surface area (Å²) in [5.41, 5.74) is 0.843. The lowest BCUT2D eigenvalue weighted by Crippen LogP contribution is -2.28. The number of benzene rings is 1. The summed E-state index contributed by atoms with van der Waals surface area (Å²) in [6.07, 6.45) is 7.22. The number of aliphatic carboxylic acids is 5. The van der Waals surface area contributed by atoms with Gasteiger partial charge in [0, 0.05) is 12.2 Å². The number of rotatable bonds is 31. The molecule has 0 aromatic heterocycles. The molecule has 1 rings (SSSR count). The first kappa shape index (κ1) is 67.8. The molecule has 0 radical (unpaired) electrons. The zero-order valence-corrected chi connectivity index (χ0v) is 36.3. The minimum atomic E-state index is -1.82. The Kier molecular flexibility index (Phi) is 60.0. The van der Waals surface area contributed by atoms with Crippen LogP contribution in [0.3, 0.4) is 0 Å². The van der Waals surface area contributed by atoms with E-state index in [9.17, 15) is 14.4 Å². The van der Waals surface area contributed by atoms with E-state index in [0.717, 1.165) is 44.1 Å². The lowest BCUT2D eigenvalue weighted by atomic mass is 10.2. The van der Waals surface area contributed by atoms with E-state index in [-0.39, 0.29) is 85.7 Å². The van der Waals surface area contributed by atoms with E-state index in [1.54, 1.807) is 12.1 Å². The van der Waals surface area contributed by atoms with Crippen molar-refractivity contribution >= 4 is 29.8 Å². The molecule has 1 aromatic carbocycles. The summed E-state index contributed by atoms with van der Waals surface area (Å²) in [4.78, 5) is 77.7. The second-order valence-corrected chi connectivity index (χ2v) is 11.2. The van der Waals surface area contributed by atoms with Gasteiger partial charge < -0.3 is 56.2 Å². The van der Waals surface area contributed by atoms with Crippen LogP contribution in [0.2, 0.25) is 0 Å². The summed E-state index contributed by atoms with van der Waals surface area (Å²) in [5.74, 6) is -6.95. The van der Waals surface area contributed by atoms with E-state index in [1.165, 1.54) is 15.7 Å². The smallest absolute Gasteiger partial charge is 0.414 e. The van der Waals surface area contributed by atoms with Crippen molar-refractivity contribution in [1.82, 2.24) is 15.7 Å². The van der Waals surface area contributed by atoms with Crippen LogP contribution in [0.4, 0.5) is 0 Å². The quantitative estimate of drug-likeness (QED) is 0.0265. The predicted octanol–water partition coefficient (Wildman–Crippen LogP) is -0.01000. The van der Waals surface area contributed by atoms with Crippen molar-refractivity contribution < 1.29 is 109 Å². The molecule has 0 unspecified atom stereocenters. The number of carboxylic acids is 5. The van der Waals surface area contributed by atoms with Crippen LogP contribution >= 0.6 is 0 Å². The molecule has 0 bridgehead atoms. The first-order valence-corrected chi connectivity index (χ1v) is 19.7. The topological polar surface area (TPSA) is 373 Å². The fourth-order valence-electron chi connectivity index (χ4n) is 3.13. The standard InChI is InChI=1S/3C8H19NO4.C8H8O2.C4H4O4.C2H2O4/c3*1-2-3-4-9(12-7-5-10)13-8-6-11;9-8(10)6-7-4-2-1-3-5-7;5-3(6)1-2-4(7)8;3-1(4)2(5)6/h3*10-11H,2-8H2,1H3;1-5H,6H2,(H,9,10);1-2H,(H,5,6)(H,7,8);(H,3,4)(H,5,6). The fourth-order valence-corrected chi connectivity index (χ4v) is 3.13. The second-order valence-electron chi connectivity index (χ2n) is 11.2. The molecule has 63 heavy (non-hydrogen) atoms. The Morgan fingerprint density at radius 1 is 0.460 bits per heavy atom. The maximum atomic E-state index is 10.2. The average molecular weight is 922 g/mol. The summed E-state index contributed by atoms with van der Waals surface area (Å²) >= 11 is 0. The summed E-state index contributed by atoms with van der Waals surface area (Å²) in [7, 11) is 0. The number of aliphatic hydroxyl groups excluding tert-OH is 6. The molecule has 0 aliphatic rings. The number of hydrogen-bond donors (Lipinski definition) is 11. The molecule has 0 heterocycles. The first-order chi connectivity index (χ1) is 30.1. The Balaban J connectivity index is -0.000000217. The van der Waals surface area contributed by atoms with Crippen LogP contribution in [0, 0.1) is 0 Å². The van der Waals surface area contributed by atoms with Crippen LogP contribution in [0.1, 0.15) is 64.9 Å². The van der Waals surface area contributed by atoms with E-state index in [2.05, 4.69) is 20.8 Å². The van der Waals surface area contributed by atoms with Gasteiger partial charge >= 0.3 is 29.8 Å². The van der Waals surface area contributed by atoms with Gasteiger partial charge in [0.15, 0.2) is 0 Å². The zero-order chi connectivity index (χ0) is 48.9. The van der Waals surface area contributed by atoms with Gasteiger partial charge in [0.25, 0.3) is 0 Å². The Bertz CT molecular complexity index is 1060. The van der Waals surface area contributed by atoms with Crippen LogP contribution in [-0.2, 0) is 59.4 Å². The van der Waals surface area contributed by atoms with E-state index in [4.69, 9.17) is 94.8 Å². The summed E-state index contributed by atoms with van der Waals surface area (Å²) in [6.45, 7) is 9.23. The largest absolute Gasteiger partial charge is 0.481 e. The molecule has 0 atom stereocenters. The van der Waals surface area contributed by atoms with Gasteiger partial charge in [-0.2, -0.15) is 0 Å². The van der Waals surface area contributed by atoms with Gasteiger partial charge in [-0.25, -0.2) is 19.2 Å². The third-order valence-corrected chi connectivity index (χ3v) is 5.79. The Hall–Kier alpha value is -4.29. The fraction of sp³-hybridized carbons (Fsp3) is 0.658. The van der Waals surface area contributed by atoms with Crippen LogP contribution < -0.4 is 0 Å². The Morgan fingerprint density at radius 3 is 0.889 bits per heavy atom. The monoisotopic (exact) mass is 921 g/mol. The molecule has 0 amide bonds. The zero-order valence-electron chi connectivity index (χ0n) is 36.3. The van der Waals surface area contributed by atoms with Crippen molar-refractivity contribution in [3.8, 4) is 0 Å². The molecule has 0 saturated heterocycles. The lowest BCUT2D eigenvalue weighted by Gasteiger charge is -2.19. The molecular weight excluding hydrogens is 850 g/mol. The number of carbonyl (C=O) groups is 5. The molecule has 0 spiro atoms. The molecule has 1 aromatic rings. The number of aliphatic hydroxyl groups is 6. The summed E-state index contributed by atoms with van der Waals surface area (Å²) < 4.78 is 0. The second kappa shape index (κ2) is 55.7. The SMILES string of the molecule is CCCCN(OCCO)OCCO.CCCCN(OCCO)OCCO.CCCCN(OCCO)OCCO.O=C(O)C(=O)O.O=C(O)C=CC(=O)O.O=C(O)Cc1ccccc1. The average Bonchev–Trinajstić information content (AvgIpc) is 3.26. The maximum absolute atomic E-state index is 10.2. The molecule has 0 fully saturated rings. The Labute approximate surface area is 367 Å². The van der Waals surface area contributed by atoms with Crippen LogP contribution in [0.25, 0.3) is 0 Å². The van der Waals surface area contributed by atoms with Crippen molar-refractivity contribution in [2.45, 2.75) is 65.7 Å². The molecular formula is C38H71N3O22. The number of unbranched alkanes of at least 4 members (excludes halogenated alkanes) is 3. The van der Waals surface area contributed by atoms with Gasteiger partial charge in [-0.3, -0.25) is 33.8 Å². The van der Waals surface area contributed by atoms with E-state index in [1.807, 2.05) is 18.2 Å². The van der Waals surface area contributed by atoms with Gasteiger partial charge in [-0.05, 0) is 24.8 Å². The highest BCUT2D eigenvalue weighted by atomic mass is 17.0. The minimum absolute atomic E-state index is 0.0366. The van der Waals surface area contributed by atoms with Crippen molar-refractivity contribution in [2.75, 3.05) is 98.9 Å². The highest BCUT2D eigenvalue weighted by Gasteiger charge is 2.06. The van der Waals surface area contributed by atoms with E-state index < -0.39 is 29.8 Å². The van der Waals surface area contributed by atoms with Gasteiger partial charge in [-0.1, -0.05) is 86.0 Å². The van der Waals surface area contributed by atoms with Crippen LogP contribution in [-0.4, -0.2) is 201 Å². The van der Waals surface area contributed by atoms with Gasteiger partial charge in [-0.15, -0.1) is 0 Å². The normalized spacial score (nSPS) is 10.2. The molecule has 0 saturated carbocycles. The molecule has 25 nitrogen and oxygen atoms in total. The molecule has 370 valence electrons. The van der Waals surface area contributed by atoms with Crippen LogP contribution in [0.15, 0.2) is 42.5 Å². The molecule has 0 aliphatic carbocycles. The summed E-state index contributed by atoms with van der Waals surface area (Å²) in [6, 6.07) is 9.13. The minimum Gasteiger partial charge on any atom is -0.481 e. The number of hydrogen-bond acceptors (Lipinski definition) is 20. The number of nitrogens with zero attached hydrogens (tertiary/aromatic N) is 3. The first-order valence-electron chi connectivity index (χ1n) is 19.7. The highest BCUT2D eigenvalue weighted by Crippen LogP contribution is 2.00. The van der Waals surface area contributed by atoms with Crippen molar-refractivity contribution in [2.24, 2.45) is 0 Å². The maximum Gasteiger partial charge on any atom is 0.414 e. The van der Waals surface area contributed by atoms with E-state index in [0.29, 0.717) is 31.8 Å². The molecule has 11 N–H and O–H groups in total. The molecule has 0 aliphatic heterocycles. The summed E-state index contributed by atoms with van der Waals surface area (Å²) in [5, 5.41) is 93.8.